The molecule has 74 heavy (non-hydrogen) atoms. The van der Waals surface area contributed by atoms with Gasteiger partial charge in [-0.2, -0.15) is 5.10 Å². The average molecular weight is 1020 g/mol. The van der Waals surface area contributed by atoms with Gasteiger partial charge in [-0.25, -0.2) is 4.39 Å². The van der Waals surface area contributed by atoms with Crippen LogP contribution in [0, 0.1) is 43.3 Å². The topological polar surface area (TPSA) is 239 Å². The molecule has 2 aliphatic carbocycles. The van der Waals surface area contributed by atoms with E-state index in [9.17, 15) is 39.6 Å². The summed E-state index contributed by atoms with van der Waals surface area (Å²) in [6, 6.07) is 0.943. The summed E-state index contributed by atoms with van der Waals surface area (Å²) < 4.78 is 41.9. The number of halogens is 1. The number of fused-ring (bicyclic) bond motifs is 15. The molecule has 0 spiro atoms. The van der Waals surface area contributed by atoms with Crippen LogP contribution in [-0.2, 0) is 14.3 Å². The molecule has 1 saturated carbocycles. The highest BCUT2D eigenvalue weighted by molar-refractivity contribution is 6.37. The fourth-order valence-electron chi connectivity index (χ4n) is 10.6. The Hall–Kier alpha value is -6.67. The number of Topliss-reactive ketones (excluding diaryl/α,β-unsaturated/α-hetero) is 3. The molecular weight excluding hydrogens is 958 g/mol. The van der Waals surface area contributed by atoms with Gasteiger partial charge in [-0.05, 0) is 52.7 Å². The zero-order valence-corrected chi connectivity index (χ0v) is 43.6. The van der Waals surface area contributed by atoms with Gasteiger partial charge in [0.2, 0.25) is 5.78 Å². The molecular formula is C55H66FN5O13. The first-order valence-corrected chi connectivity index (χ1v) is 25.0. The number of aromatic nitrogens is 1. The van der Waals surface area contributed by atoms with Gasteiger partial charge in [0.05, 0.1) is 89.8 Å². The number of nitrogens with one attached hydrogen (secondary N) is 1. The molecule has 396 valence electrons. The van der Waals surface area contributed by atoms with Gasteiger partial charge in [-0.1, -0.05) is 45.9 Å². The maximum Gasteiger partial charge on any atom is 0.312 e. The highest BCUT2D eigenvalue weighted by Gasteiger charge is 2.53. The van der Waals surface area contributed by atoms with E-state index >= 15 is 9.18 Å². The molecule has 1 saturated heterocycles. The Morgan fingerprint density at radius 1 is 0.892 bits per heavy atom. The average Bonchev–Trinajstić information content (AvgIpc) is 4.19. The van der Waals surface area contributed by atoms with Crippen molar-refractivity contribution in [2.24, 2.45) is 28.8 Å². The summed E-state index contributed by atoms with van der Waals surface area (Å²) in [5, 5.41) is 54.9. The first kappa shape index (κ1) is 53.6. The molecule has 2 aromatic carbocycles. The number of aliphatic hydroxyl groups excluding tert-OH is 3. The predicted octanol–water partition coefficient (Wildman–Crippen LogP) is 5.73. The van der Waals surface area contributed by atoms with E-state index in [1.807, 2.05) is 11.5 Å². The van der Waals surface area contributed by atoms with Crippen LogP contribution in [0.5, 0.6) is 17.2 Å². The number of nitrogens with zero attached hydrogens (tertiary/aromatic N) is 4. The van der Waals surface area contributed by atoms with Crippen LogP contribution in [0.2, 0.25) is 0 Å². The lowest BCUT2D eigenvalue weighted by molar-refractivity contribution is -0.116. The number of aliphatic hydroxyl groups is 3. The Labute approximate surface area is 428 Å². The number of benzene rings is 2. The Balaban J connectivity index is 1.18. The summed E-state index contributed by atoms with van der Waals surface area (Å²) in [5.41, 5.74) is -1.39. The molecule has 2 fully saturated rings. The number of anilines is 1. The number of piperazine rings is 1. The number of aryl methyl sites for hydroxylation is 1. The number of hydrogen-bond donors (Lipinski definition) is 5. The number of phenolic OH excluding ortho intramolecular Hbond substituents is 1. The molecule has 5 N–H and O–H groups in total. The van der Waals surface area contributed by atoms with E-state index in [4.69, 9.17) is 18.9 Å². The molecule has 0 radical (unpaired) electrons. The van der Waals surface area contributed by atoms with E-state index in [0.29, 0.717) is 11.1 Å². The number of carbonyl (C=O) groups excluding carboxylic acids is 4. The number of carbonyl (C=O) groups is 4. The van der Waals surface area contributed by atoms with E-state index < -0.39 is 117 Å². The largest absolute Gasteiger partial charge is 0.507 e. The lowest BCUT2D eigenvalue weighted by Crippen LogP contribution is -2.50. The van der Waals surface area contributed by atoms with Crippen molar-refractivity contribution in [3.8, 4) is 17.2 Å². The molecule has 9 rings (SSSR count). The van der Waals surface area contributed by atoms with Gasteiger partial charge in [0.1, 0.15) is 22.9 Å². The monoisotopic (exact) mass is 1020 g/mol. The Kier molecular flexibility index (Phi) is 14.9. The first-order valence-electron chi connectivity index (χ1n) is 25.0. The van der Waals surface area contributed by atoms with Crippen molar-refractivity contribution in [1.29, 1.82) is 0 Å². The minimum Gasteiger partial charge on any atom is -0.507 e. The summed E-state index contributed by atoms with van der Waals surface area (Å²) in [6.45, 7) is 15.0. The number of pyridine rings is 1. The summed E-state index contributed by atoms with van der Waals surface area (Å²) in [6.07, 6.45) is 7.71. The second kappa shape index (κ2) is 20.6. The van der Waals surface area contributed by atoms with Crippen molar-refractivity contribution < 1.29 is 62.9 Å². The van der Waals surface area contributed by atoms with Crippen molar-refractivity contribution in [2.75, 3.05) is 38.8 Å². The molecule has 5 heterocycles. The molecule has 1 amide bonds. The first-order chi connectivity index (χ1) is 35.0. The minimum atomic E-state index is -2.15. The number of aromatic hydroxyl groups is 1. The third kappa shape index (κ3) is 9.32. The van der Waals surface area contributed by atoms with Crippen LogP contribution in [0.25, 0.3) is 10.9 Å². The van der Waals surface area contributed by atoms with E-state index in [2.05, 4.69) is 10.4 Å². The van der Waals surface area contributed by atoms with Gasteiger partial charge in [0.25, 0.3) is 11.7 Å². The van der Waals surface area contributed by atoms with Gasteiger partial charge < -0.3 is 54.2 Å². The normalized spacial score (nSPS) is 30.9. The molecule has 1 aromatic heterocycles. The van der Waals surface area contributed by atoms with Gasteiger partial charge in [0, 0.05) is 79.7 Å². The number of methoxy groups -OCH3 is 2. The van der Waals surface area contributed by atoms with Crippen LogP contribution in [0.3, 0.4) is 0 Å². The fraction of sp³-hybridized carbons (Fsp3) is 0.491. The Morgan fingerprint density at radius 2 is 1.57 bits per heavy atom. The van der Waals surface area contributed by atoms with Crippen molar-refractivity contribution >= 4 is 46.1 Å². The van der Waals surface area contributed by atoms with Crippen molar-refractivity contribution in [3.63, 3.8) is 0 Å². The van der Waals surface area contributed by atoms with E-state index in [1.165, 1.54) is 59.3 Å². The third-order valence-electron chi connectivity index (χ3n) is 15.5. The second-order valence-electron chi connectivity index (χ2n) is 20.6. The fourth-order valence-corrected chi connectivity index (χ4v) is 10.6. The quantitative estimate of drug-likeness (QED) is 0.185. The van der Waals surface area contributed by atoms with Crippen LogP contribution < -0.4 is 25.1 Å². The van der Waals surface area contributed by atoms with E-state index in [0.717, 1.165) is 25.3 Å². The zero-order valence-electron chi connectivity index (χ0n) is 43.6. The van der Waals surface area contributed by atoms with Crippen LogP contribution in [0.4, 0.5) is 10.1 Å². The number of hydrazone groups is 1. The number of phenols is 1. The third-order valence-corrected chi connectivity index (χ3v) is 15.5. The van der Waals surface area contributed by atoms with E-state index in [1.54, 1.807) is 56.8 Å². The summed E-state index contributed by atoms with van der Waals surface area (Å²) in [4.78, 5) is 73.6. The maximum atomic E-state index is 16.3. The van der Waals surface area contributed by atoms with Gasteiger partial charge in [0.15, 0.2) is 22.8 Å². The van der Waals surface area contributed by atoms with Crippen LogP contribution in [-0.4, -0.2) is 130 Å². The molecule has 10 atom stereocenters. The minimum absolute atomic E-state index is 0.0548. The van der Waals surface area contributed by atoms with E-state index in [-0.39, 0.29) is 70.4 Å². The summed E-state index contributed by atoms with van der Waals surface area (Å²) in [5.74, 6) is -9.70. The number of ketones is 3. The predicted molar refractivity (Wildman–Crippen MR) is 273 cm³/mol. The Morgan fingerprint density at radius 3 is 2.22 bits per heavy atom. The molecule has 4 aliphatic heterocycles. The highest BCUT2D eigenvalue weighted by Crippen LogP contribution is 2.49. The highest BCUT2D eigenvalue weighted by atomic mass is 19.1. The zero-order chi connectivity index (χ0) is 54.0. The maximum absolute atomic E-state index is 16.3. The van der Waals surface area contributed by atoms with Crippen molar-refractivity contribution in [1.82, 2.24) is 14.9 Å². The molecule has 5 bridgehead atoms. The number of hydrogen-bond acceptors (Lipinski definition) is 16. The van der Waals surface area contributed by atoms with Crippen LogP contribution >= 0.6 is 0 Å². The summed E-state index contributed by atoms with van der Waals surface area (Å²) in [7, 11) is 2.85. The molecule has 3 aromatic rings. The standard InChI is InChI=1S/C55H66FN5O13/c1-25-13-12-14-26(2)54(70)58-41-35(22-57-61-19-18-59(24-28(61)4)43-36(56)21-34-42(52(43)72-11)60(33-15-16-33)23-27(3)45(34)63)49(67)38-39(50(41)68)48(66)32(8)51-40(38)53(69)55(9,74-51)73-20-17-37(71-10)29(5)46(64)31(7)47(65)30(6)44(25)62/h12-14,17,20-23,25,28-31,33,37,44,46-47,62,64-66H,15-16,18-19,24H2,1-11H3,(H,58,70)/b13-12+,20-17+,26-14-,57-22-/t25-,28?,29+,30+,31-,37-,44-,46+,47+,55-/m0/s1. The van der Waals surface area contributed by atoms with Crippen molar-refractivity contribution in [3.05, 3.63) is 104 Å². The number of allylic oxidation sites excluding steroid dienone is 4. The lowest BCUT2D eigenvalue weighted by Gasteiger charge is -2.40. The van der Waals surface area contributed by atoms with Gasteiger partial charge in [-0.15, -0.1) is 0 Å². The Bertz CT molecular complexity index is 3050. The smallest absolute Gasteiger partial charge is 0.312 e. The molecule has 18 nitrogen and oxygen atoms in total. The second-order valence-corrected chi connectivity index (χ2v) is 20.6. The number of rotatable bonds is 6. The van der Waals surface area contributed by atoms with Crippen LogP contribution in [0.15, 0.2) is 69.6 Å². The summed E-state index contributed by atoms with van der Waals surface area (Å²) >= 11 is 0. The molecule has 6 aliphatic rings. The van der Waals surface area contributed by atoms with Crippen molar-refractivity contribution in [2.45, 2.75) is 117 Å². The van der Waals surface area contributed by atoms with Gasteiger partial charge >= 0.3 is 5.79 Å². The number of amides is 1. The van der Waals surface area contributed by atoms with Crippen LogP contribution in [0.1, 0.15) is 110 Å². The molecule has 19 heteroatoms. The SMILES string of the molecule is COc1c(N2CCN(/N=C\C3=C4NC(=O)/C(C)=C\C=C\[C@H](C)[C@H](O)[C@@H](C)[C@@H](O)[C@@H](C)[C@H](O)[C@H](C)[C@@H](OC)/C=C/O[C@@]5(C)Oc6c(C)c(O)c(c(c6C5=O)C3=O)C4=O)C(C)C2)c(F)cc2c(=O)c(C)cn(C3CC3)c12. The number of ether oxygens (including phenoxy) is 4. The molecule has 1 unspecified atom stereocenters. The lowest BCUT2D eigenvalue weighted by atomic mass is 9.78. The van der Waals surface area contributed by atoms with Gasteiger partial charge in [-0.3, -0.25) is 29.0 Å².